The quantitative estimate of drug-likeness (QED) is 0.288. The maximum Gasteiger partial charge on any atom is 0.271 e. The fraction of sp³-hybridized carbons (Fsp3) is 0.281. The van der Waals surface area contributed by atoms with Gasteiger partial charge in [0.25, 0.3) is 11.8 Å². The summed E-state index contributed by atoms with van der Waals surface area (Å²) in [5.74, 6) is 0.495. The molecule has 1 saturated heterocycles. The zero-order valence-electron chi connectivity index (χ0n) is 23.9. The first-order valence-corrected chi connectivity index (χ1v) is 14.2. The molecule has 3 aromatic heterocycles. The van der Waals surface area contributed by atoms with Crippen molar-refractivity contribution in [2.45, 2.75) is 19.9 Å². The Kier molecular flexibility index (Phi) is 7.68. The first-order chi connectivity index (χ1) is 20.5. The van der Waals surface area contributed by atoms with Crippen molar-refractivity contribution < 1.29 is 9.59 Å². The van der Waals surface area contributed by atoms with Crippen LogP contribution in [-0.2, 0) is 13.6 Å². The molecule has 214 valence electrons. The van der Waals surface area contributed by atoms with E-state index in [-0.39, 0.29) is 17.5 Å². The second kappa shape index (κ2) is 11.9. The van der Waals surface area contributed by atoms with Gasteiger partial charge in [-0.05, 0) is 31.0 Å². The van der Waals surface area contributed by atoms with E-state index < -0.39 is 0 Å². The van der Waals surface area contributed by atoms with Gasteiger partial charge in [-0.1, -0.05) is 42.0 Å². The molecule has 1 fully saturated rings. The summed E-state index contributed by atoms with van der Waals surface area (Å²) < 4.78 is 4.10. The van der Waals surface area contributed by atoms with Crippen molar-refractivity contribution in [1.82, 2.24) is 34.3 Å². The lowest BCUT2D eigenvalue weighted by Gasteiger charge is -2.35. The van der Waals surface area contributed by atoms with Crippen LogP contribution in [0.15, 0.2) is 79.6 Å². The highest BCUT2D eigenvalue weighted by atomic mass is 16.2. The number of imidazole rings is 1. The number of hydrogen-bond acceptors (Lipinski definition) is 6. The third-order valence-electron chi connectivity index (χ3n) is 7.82. The van der Waals surface area contributed by atoms with Crippen LogP contribution in [0.2, 0.25) is 0 Å². The molecule has 10 heteroatoms. The Morgan fingerprint density at radius 3 is 2.50 bits per heavy atom. The minimum absolute atomic E-state index is 0.0378. The van der Waals surface area contributed by atoms with Crippen molar-refractivity contribution >= 4 is 28.5 Å². The minimum atomic E-state index is -0.241. The van der Waals surface area contributed by atoms with Gasteiger partial charge >= 0.3 is 0 Å². The lowest BCUT2D eigenvalue weighted by molar-refractivity contribution is 0.0748. The van der Waals surface area contributed by atoms with Crippen molar-refractivity contribution in [3.05, 3.63) is 96.5 Å². The van der Waals surface area contributed by atoms with Crippen LogP contribution in [0, 0.1) is 6.92 Å². The Morgan fingerprint density at radius 2 is 1.79 bits per heavy atom. The first kappa shape index (κ1) is 27.2. The third-order valence-corrected chi connectivity index (χ3v) is 7.82. The Bertz CT molecular complexity index is 1690. The van der Waals surface area contributed by atoms with E-state index in [0.717, 1.165) is 46.3 Å². The highest BCUT2D eigenvalue weighted by molar-refractivity contribution is 6.13. The molecule has 1 aliphatic heterocycles. The molecule has 1 aliphatic rings. The van der Waals surface area contributed by atoms with Gasteiger partial charge in [0.15, 0.2) is 0 Å². The second-order valence-corrected chi connectivity index (χ2v) is 10.6. The molecule has 0 radical (unpaired) electrons. The number of rotatable bonds is 8. The molecular weight excluding hydrogens is 528 g/mol. The number of amides is 2. The van der Waals surface area contributed by atoms with Crippen LogP contribution < -0.4 is 10.2 Å². The van der Waals surface area contributed by atoms with Gasteiger partial charge in [-0.15, -0.1) is 0 Å². The number of nitrogens with one attached hydrogen (secondary N) is 1. The van der Waals surface area contributed by atoms with Gasteiger partial charge in [0, 0.05) is 69.6 Å². The van der Waals surface area contributed by atoms with E-state index in [1.54, 1.807) is 18.7 Å². The third kappa shape index (κ3) is 5.47. The van der Waals surface area contributed by atoms with Crippen molar-refractivity contribution in [2.75, 3.05) is 37.6 Å². The van der Waals surface area contributed by atoms with Crippen molar-refractivity contribution in [2.24, 2.45) is 7.05 Å². The van der Waals surface area contributed by atoms with E-state index in [1.165, 1.54) is 6.20 Å². The van der Waals surface area contributed by atoms with Crippen molar-refractivity contribution in [1.29, 1.82) is 0 Å². The number of piperazine rings is 1. The van der Waals surface area contributed by atoms with E-state index in [9.17, 15) is 9.59 Å². The molecule has 0 spiro atoms. The summed E-state index contributed by atoms with van der Waals surface area (Å²) in [5, 5.41) is 3.87. The predicted octanol–water partition coefficient (Wildman–Crippen LogP) is 3.92. The van der Waals surface area contributed by atoms with Gasteiger partial charge < -0.3 is 24.3 Å². The fourth-order valence-electron chi connectivity index (χ4n) is 5.58. The molecule has 2 aromatic carbocycles. The van der Waals surface area contributed by atoms with E-state index in [1.807, 2.05) is 40.9 Å². The molecule has 2 amide bonds. The zero-order chi connectivity index (χ0) is 29.1. The number of aryl methyl sites for hydroxylation is 3. The SMILES string of the molecule is Cc1ccc2c(c1)c(C(=O)N1CCN(c3cnc(C(=O)NCCCn4ccnc4)cn3)CC1)c(-c1ccccc1)n2C. The fourth-order valence-corrected chi connectivity index (χ4v) is 5.58. The van der Waals surface area contributed by atoms with Gasteiger partial charge in [0.1, 0.15) is 11.5 Å². The van der Waals surface area contributed by atoms with E-state index >= 15 is 0 Å². The molecule has 42 heavy (non-hydrogen) atoms. The van der Waals surface area contributed by atoms with E-state index in [2.05, 4.69) is 67.0 Å². The van der Waals surface area contributed by atoms with Crippen LogP contribution in [0.3, 0.4) is 0 Å². The Labute approximate surface area is 244 Å². The number of carbonyl (C=O) groups excluding carboxylic acids is 2. The maximum atomic E-state index is 14.1. The molecule has 4 heterocycles. The summed E-state index contributed by atoms with van der Waals surface area (Å²) in [7, 11) is 2.03. The molecular formula is C32H34N8O2. The largest absolute Gasteiger partial charge is 0.352 e. The summed E-state index contributed by atoms with van der Waals surface area (Å²) in [6, 6.07) is 16.4. The molecule has 0 bridgehead atoms. The van der Waals surface area contributed by atoms with E-state index in [4.69, 9.17) is 0 Å². The second-order valence-electron chi connectivity index (χ2n) is 10.6. The number of hydrogen-bond donors (Lipinski definition) is 1. The molecule has 0 saturated carbocycles. The van der Waals surface area contributed by atoms with Crippen LogP contribution >= 0.6 is 0 Å². The van der Waals surface area contributed by atoms with Gasteiger partial charge in [0.2, 0.25) is 0 Å². The first-order valence-electron chi connectivity index (χ1n) is 14.2. The Hall–Kier alpha value is -4.99. The van der Waals surface area contributed by atoms with Gasteiger partial charge in [-0.3, -0.25) is 9.59 Å². The number of nitrogens with zero attached hydrogens (tertiary/aromatic N) is 7. The minimum Gasteiger partial charge on any atom is -0.352 e. The number of benzene rings is 2. The zero-order valence-corrected chi connectivity index (χ0v) is 23.9. The predicted molar refractivity (Wildman–Crippen MR) is 162 cm³/mol. The topological polar surface area (TPSA) is 101 Å². The molecule has 6 rings (SSSR count). The van der Waals surface area contributed by atoms with Gasteiger partial charge in [-0.2, -0.15) is 0 Å². The summed E-state index contributed by atoms with van der Waals surface area (Å²) in [6.45, 7) is 5.77. The highest BCUT2D eigenvalue weighted by Crippen LogP contribution is 2.35. The summed E-state index contributed by atoms with van der Waals surface area (Å²) in [5.41, 5.74) is 5.15. The van der Waals surface area contributed by atoms with Gasteiger partial charge in [0.05, 0.1) is 30.0 Å². The standard InChI is InChI=1S/C32H34N8O2/c1-23-9-10-27-25(19-23)29(30(37(27)2)24-7-4-3-5-8-24)32(42)40-17-15-39(16-18-40)28-21-35-26(20-36-28)31(41)34-11-6-13-38-14-12-33-22-38/h3-5,7-10,12,14,19-22H,6,11,13,15-18H2,1-2H3,(H,34,41). The monoisotopic (exact) mass is 562 g/mol. The number of carbonyl (C=O) groups is 2. The molecule has 10 nitrogen and oxygen atoms in total. The van der Waals surface area contributed by atoms with Crippen LogP contribution in [0.4, 0.5) is 5.82 Å². The highest BCUT2D eigenvalue weighted by Gasteiger charge is 2.29. The number of aromatic nitrogens is 5. The molecule has 0 unspecified atom stereocenters. The van der Waals surface area contributed by atoms with Crippen molar-refractivity contribution in [3.8, 4) is 11.3 Å². The summed E-state index contributed by atoms with van der Waals surface area (Å²) in [4.78, 5) is 43.5. The average molecular weight is 563 g/mol. The molecule has 5 aromatic rings. The molecule has 1 N–H and O–H groups in total. The summed E-state index contributed by atoms with van der Waals surface area (Å²) >= 11 is 0. The normalized spacial score (nSPS) is 13.5. The lowest BCUT2D eigenvalue weighted by atomic mass is 10.0. The van der Waals surface area contributed by atoms with Gasteiger partial charge in [-0.25, -0.2) is 15.0 Å². The smallest absolute Gasteiger partial charge is 0.271 e. The molecule has 0 aliphatic carbocycles. The van der Waals surface area contributed by atoms with Crippen LogP contribution in [0.5, 0.6) is 0 Å². The van der Waals surface area contributed by atoms with E-state index in [0.29, 0.717) is 38.5 Å². The number of anilines is 1. The molecule has 0 atom stereocenters. The summed E-state index contributed by atoms with van der Waals surface area (Å²) in [6.07, 6.45) is 9.34. The Morgan fingerprint density at radius 1 is 0.976 bits per heavy atom. The maximum absolute atomic E-state index is 14.1. The Balaban J connectivity index is 1.11. The van der Waals surface area contributed by atoms with Crippen LogP contribution in [-0.4, -0.2) is 73.5 Å². The lowest BCUT2D eigenvalue weighted by Crippen LogP contribution is -2.49. The average Bonchev–Trinajstić information content (AvgIpc) is 3.65. The van der Waals surface area contributed by atoms with Crippen molar-refractivity contribution in [3.63, 3.8) is 0 Å². The number of fused-ring (bicyclic) bond motifs is 1. The van der Waals surface area contributed by atoms with Crippen LogP contribution in [0.1, 0.15) is 32.8 Å². The van der Waals surface area contributed by atoms with Crippen LogP contribution in [0.25, 0.3) is 22.2 Å².